The number of anilines is 1. The Balaban J connectivity index is 1.71. The van der Waals surface area contributed by atoms with Crippen LogP contribution in [-0.2, 0) is 11.2 Å². The van der Waals surface area contributed by atoms with Crippen LogP contribution in [0.3, 0.4) is 0 Å². The first-order valence-electron chi connectivity index (χ1n) is 8.42. The molecule has 25 heavy (non-hydrogen) atoms. The van der Waals surface area contributed by atoms with Gasteiger partial charge in [-0.2, -0.15) is 0 Å². The van der Waals surface area contributed by atoms with Gasteiger partial charge < -0.3 is 19.3 Å². The fourth-order valence-corrected chi connectivity index (χ4v) is 3.16. The van der Waals surface area contributed by atoms with Gasteiger partial charge in [-0.15, -0.1) is 0 Å². The Kier molecular flexibility index (Phi) is 4.45. The molecule has 0 unspecified atom stereocenters. The van der Waals surface area contributed by atoms with E-state index in [9.17, 15) is 14.9 Å². The third-order valence-electron chi connectivity index (χ3n) is 4.28. The molecule has 1 aromatic rings. The van der Waals surface area contributed by atoms with Gasteiger partial charge in [0.25, 0.3) is 0 Å². The molecule has 0 atom stereocenters. The highest BCUT2D eigenvalue weighted by atomic mass is 16.6. The third kappa shape index (κ3) is 3.62. The lowest BCUT2D eigenvalue weighted by Crippen LogP contribution is -2.50. The Morgan fingerprint density at radius 1 is 1.24 bits per heavy atom. The molecule has 2 aliphatic rings. The lowest BCUT2D eigenvalue weighted by atomic mass is 10.1. The number of hydrogen-bond donors (Lipinski definition) is 0. The predicted octanol–water partition coefficient (Wildman–Crippen LogP) is 2.59. The number of nitro benzene ring substituents is 1. The highest BCUT2D eigenvalue weighted by Crippen LogP contribution is 2.41. The van der Waals surface area contributed by atoms with Crippen molar-refractivity contribution in [2.45, 2.75) is 32.8 Å². The standard InChI is InChI=1S/C17H23N3O5/c1-17(2,3)25-16(21)19-9-7-18(8-10-19)13-4-5-14(20(22)23)15-12(13)6-11-24-15/h4-5H,6-11H2,1-3H3. The van der Waals surface area contributed by atoms with E-state index in [1.54, 1.807) is 11.0 Å². The van der Waals surface area contributed by atoms with Crippen LogP contribution in [0.15, 0.2) is 12.1 Å². The number of amides is 1. The smallest absolute Gasteiger partial charge is 0.410 e. The summed E-state index contributed by atoms with van der Waals surface area (Å²) in [5.41, 5.74) is 1.36. The van der Waals surface area contributed by atoms with E-state index in [1.807, 2.05) is 20.8 Å². The Bertz CT molecular complexity index is 690. The highest BCUT2D eigenvalue weighted by molar-refractivity contribution is 5.70. The second kappa shape index (κ2) is 6.42. The van der Waals surface area contributed by atoms with Crippen molar-refractivity contribution >= 4 is 17.5 Å². The summed E-state index contributed by atoms with van der Waals surface area (Å²) in [5, 5.41) is 11.1. The van der Waals surface area contributed by atoms with Crippen molar-refractivity contribution in [2.75, 3.05) is 37.7 Å². The first kappa shape index (κ1) is 17.3. The zero-order valence-corrected chi connectivity index (χ0v) is 14.8. The number of hydrogen-bond acceptors (Lipinski definition) is 6. The van der Waals surface area contributed by atoms with Gasteiger partial charge in [0.2, 0.25) is 5.75 Å². The SMILES string of the molecule is CC(C)(C)OC(=O)N1CCN(c2ccc([N+](=O)[O-])c3c2CCO3)CC1. The molecule has 0 aliphatic carbocycles. The van der Waals surface area contributed by atoms with E-state index in [4.69, 9.17) is 9.47 Å². The van der Waals surface area contributed by atoms with Gasteiger partial charge in [-0.3, -0.25) is 10.1 Å². The molecule has 3 rings (SSSR count). The number of benzene rings is 1. The van der Waals surface area contributed by atoms with Crippen LogP contribution >= 0.6 is 0 Å². The average Bonchev–Trinajstić information content (AvgIpc) is 3.01. The maximum absolute atomic E-state index is 12.2. The van der Waals surface area contributed by atoms with E-state index in [1.165, 1.54) is 6.07 Å². The number of nitro groups is 1. The van der Waals surface area contributed by atoms with Crippen molar-refractivity contribution in [2.24, 2.45) is 0 Å². The summed E-state index contributed by atoms with van der Waals surface area (Å²) in [6.07, 6.45) is 0.364. The number of carbonyl (C=O) groups excluding carboxylic acids is 1. The molecule has 2 heterocycles. The summed E-state index contributed by atoms with van der Waals surface area (Å²) in [5.74, 6) is 0.386. The van der Waals surface area contributed by atoms with Crippen molar-refractivity contribution in [1.29, 1.82) is 0 Å². The Morgan fingerprint density at radius 3 is 2.52 bits per heavy atom. The van der Waals surface area contributed by atoms with E-state index in [-0.39, 0.29) is 11.8 Å². The lowest BCUT2D eigenvalue weighted by Gasteiger charge is -2.37. The molecular formula is C17H23N3O5. The predicted molar refractivity (Wildman–Crippen MR) is 92.3 cm³/mol. The molecule has 0 bridgehead atoms. The fourth-order valence-electron chi connectivity index (χ4n) is 3.16. The zero-order chi connectivity index (χ0) is 18.2. The first-order valence-corrected chi connectivity index (χ1v) is 8.42. The van der Waals surface area contributed by atoms with Crippen LogP contribution in [0.25, 0.3) is 0 Å². The van der Waals surface area contributed by atoms with Crippen molar-refractivity contribution in [3.8, 4) is 5.75 Å². The summed E-state index contributed by atoms with van der Waals surface area (Å²) in [7, 11) is 0. The molecular weight excluding hydrogens is 326 g/mol. The minimum absolute atomic E-state index is 0.0173. The quantitative estimate of drug-likeness (QED) is 0.603. The summed E-state index contributed by atoms with van der Waals surface area (Å²) >= 11 is 0. The lowest BCUT2D eigenvalue weighted by molar-refractivity contribution is -0.385. The Hall–Kier alpha value is -2.51. The molecule has 1 aromatic carbocycles. The molecule has 1 saturated heterocycles. The van der Waals surface area contributed by atoms with Gasteiger partial charge >= 0.3 is 11.8 Å². The Labute approximate surface area is 146 Å². The minimum atomic E-state index is -0.509. The molecule has 8 heteroatoms. The zero-order valence-electron chi connectivity index (χ0n) is 14.8. The normalized spacial score (nSPS) is 17.1. The molecule has 2 aliphatic heterocycles. The summed E-state index contributed by atoms with van der Waals surface area (Å²) in [6, 6.07) is 3.29. The van der Waals surface area contributed by atoms with Crippen LogP contribution in [0.2, 0.25) is 0 Å². The van der Waals surface area contributed by atoms with Crippen molar-refractivity contribution < 1.29 is 19.2 Å². The molecule has 0 aromatic heterocycles. The van der Waals surface area contributed by atoms with Gasteiger partial charge in [-0.05, 0) is 26.8 Å². The van der Waals surface area contributed by atoms with E-state index >= 15 is 0 Å². The molecule has 8 nitrogen and oxygen atoms in total. The monoisotopic (exact) mass is 349 g/mol. The second-order valence-electron chi connectivity index (χ2n) is 7.22. The number of nitrogens with zero attached hydrogens (tertiary/aromatic N) is 3. The first-order chi connectivity index (χ1) is 11.8. The molecule has 1 amide bonds. The number of carbonyl (C=O) groups is 1. The van der Waals surface area contributed by atoms with Gasteiger partial charge in [0.05, 0.1) is 11.5 Å². The second-order valence-corrected chi connectivity index (χ2v) is 7.22. The Morgan fingerprint density at radius 2 is 1.92 bits per heavy atom. The number of fused-ring (bicyclic) bond motifs is 1. The van der Waals surface area contributed by atoms with Crippen LogP contribution < -0.4 is 9.64 Å². The topological polar surface area (TPSA) is 85.2 Å². The van der Waals surface area contributed by atoms with Crippen molar-refractivity contribution in [3.05, 3.63) is 27.8 Å². The maximum atomic E-state index is 12.2. The van der Waals surface area contributed by atoms with Crippen LogP contribution in [0.5, 0.6) is 5.75 Å². The van der Waals surface area contributed by atoms with Crippen molar-refractivity contribution in [1.82, 2.24) is 4.90 Å². The van der Waals surface area contributed by atoms with Gasteiger partial charge in [0.1, 0.15) is 5.60 Å². The third-order valence-corrected chi connectivity index (χ3v) is 4.28. The van der Waals surface area contributed by atoms with Crippen molar-refractivity contribution in [3.63, 3.8) is 0 Å². The van der Waals surface area contributed by atoms with Gasteiger partial charge in [0.15, 0.2) is 0 Å². The van der Waals surface area contributed by atoms with Crippen LogP contribution in [0.1, 0.15) is 26.3 Å². The summed E-state index contributed by atoms with van der Waals surface area (Å²) < 4.78 is 10.9. The molecule has 1 fully saturated rings. The van der Waals surface area contributed by atoms with Gasteiger partial charge in [0, 0.05) is 49.9 Å². The minimum Gasteiger partial charge on any atom is -0.486 e. The van der Waals surface area contributed by atoms with Gasteiger partial charge in [-0.1, -0.05) is 0 Å². The number of rotatable bonds is 2. The summed E-state index contributed by atoms with van der Waals surface area (Å²) in [4.78, 5) is 26.7. The number of piperazine rings is 1. The van der Waals surface area contributed by atoms with E-state index < -0.39 is 10.5 Å². The average molecular weight is 349 g/mol. The largest absolute Gasteiger partial charge is 0.486 e. The molecule has 0 N–H and O–H groups in total. The molecule has 0 saturated carbocycles. The van der Waals surface area contributed by atoms with E-state index in [0.717, 1.165) is 11.3 Å². The molecule has 0 radical (unpaired) electrons. The van der Waals surface area contributed by atoms with Crippen LogP contribution in [0, 0.1) is 10.1 Å². The fraction of sp³-hybridized carbons (Fsp3) is 0.588. The van der Waals surface area contributed by atoms with Gasteiger partial charge in [-0.25, -0.2) is 4.79 Å². The number of ether oxygens (including phenoxy) is 2. The van der Waals surface area contributed by atoms with E-state index in [2.05, 4.69) is 4.90 Å². The summed E-state index contributed by atoms with van der Waals surface area (Å²) in [6.45, 7) is 8.44. The van der Waals surface area contributed by atoms with E-state index in [0.29, 0.717) is 45.0 Å². The van der Waals surface area contributed by atoms with Crippen LogP contribution in [-0.4, -0.2) is 54.3 Å². The maximum Gasteiger partial charge on any atom is 0.410 e. The molecule has 0 spiro atoms. The van der Waals surface area contributed by atoms with Crippen LogP contribution in [0.4, 0.5) is 16.2 Å². The highest BCUT2D eigenvalue weighted by Gasteiger charge is 2.31. The molecule has 136 valence electrons.